The molecule has 0 radical (unpaired) electrons. The third-order valence-electron chi connectivity index (χ3n) is 4.60. The molecule has 0 bridgehead atoms. The van der Waals surface area contributed by atoms with Crippen molar-refractivity contribution in [3.8, 4) is 0 Å². The van der Waals surface area contributed by atoms with E-state index in [1.165, 1.54) is 12.1 Å². The summed E-state index contributed by atoms with van der Waals surface area (Å²) >= 11 is 0. The van der Waals surface area contributed by atoms with Crippen LogP contribution in [0.5, 0.6) is 0 Å². The first kappa shape index (κ1) is 21.4. The van der Waals surface area contributed by atoms with Gasteiger partial charge in [0.2, 0.25) is 15.9 Å². The summed E-state index contributed by atoms with van der Waals surface area (Å²) < 4.78 is 64.9. The number of nitrogens with one attached hydrogen (secondary N) is 2. The summed E-state index contributed by atoms with van der Waals surface area (Å²) in [5.41, 5.74) is 0.697. The molecule has 156 valence electrons. The van der Waals surface area contributed by atoms with Gasteiger partial charge in [0.15, 0.2) is 9.84 Å². The van der Waals surface area contributed by atoms with Crippen LogP contribution in [0.3, 0.4) is 0 Å². The van der Waals surface area contributed by atoms with E-state index in [1.807, 2.05) is 0 Å². The first-order valence-corrected chi connectivity index (χ1v) is 12.3. The number of carbonyl (C=O) groups excluding carboxylic acids is 1. The molecule has 0 saturated carbocycles. The van der Waals surface area contributed by atoms with Crippen LogP contribution in [0, 0.1) is 5.82 Å². The summed E-state index contributed by atoms with van der Waals surface area (Å²) in [6, 6.07) is 11.8. The highest BCUT2D eigenvalue weighted by Crippen LogP contribution is 2.16. The van der Waals surface area contributed by atoms with Crippen LogP contribution >= 0.6 is 0 Å². The standard InChI is InChI=1S/C19H21FN2O5S2/c20-16-8-4-5-9-18(16)29(26,27)22-17(12-14-6-2-1-3-7-14)19(23)21-15-10-11-28(24,25)13-15/h1-9,15,17,22H,10-13H2,(H,21,23)/t15-,17+/m0/s1. The zero-order valence-corrected chi connectivity index (χ0v) is 17.0. The zero-order valence-electron chi connectivity index (χ0n) is 15.4. The van der Waals surface area contributed by atoms with E-state index in [0.29, 0.717) is 5.56 Å². The lowest BCUT2D eigenvalue weighted by atomic mass is 10.1. The van der Waals surface area contributed by atoms with Crippen LogP contribution in [0.25, 0.3) is 0 Å². The molecule has 0 aromatic heterocycles. The summed E-state index contributed by atoms with van der Waals surface area (Å²) in [6.07, 6.45) is 0.298. The lowest BCUT2D eigenvalue weighted by Gasteiger charge is -2.21. The fourth-order valence-electron chi connectivity index (χ4n) is 3.16. The molecule has 3 rings (SSSR count). The minimum Gasteiger partial charge on any atom is -0.351 e. The van der Waals surface area contributed by atoms with E-state index < -0.39 is 48.6 Å². The van der Waals surface area contributed by atoms with E-state index >= 15 is 0 Å². The zero-order chi connectivity index (χ0) is 21.1. The summed E-state index contributed by atoms with van der Waals surface area (Å²) in [5, 5.41) is 2.60. The second kappa shape index (κ2) is 8.60. The molecular weight excluding hydrogens is 419 g/mol. The van der Waals surface area contributed by atoms with Crippen molar-refractivity contribution in [1.29, 1.82) is 0 Å². The van der Waals surface area contributed by atoms with Gasteiger partial charge in [-0.2, -0.15) is 4.72 Å². The molecule has 2 aromatic rings. The number of sulfonamides is 1. The molecule has 1 amide bonds. The monoisotopic (exact) mass is 440 g/mol. The van der Waals surface area contributed by atoms with Crippen LogP contribution < -0.4 is 10.0 Å². The lowest BCUT2D eigenvalue weighted by Crippen LogP contribution is -2.51. The highest BCUT2D eigenvalue weighted by Gasteiger charge is 2.33. The molecule has 1 saturated heterocycles. The molecule has 1 heterocycles. The fraction of sp³-hybridized carbons (Fsp3) is 0.316. The number of hydrogen-bond donors (Lipinski definition) is 2. The van der Waals surface area contributed by atoms with Crippen molar-refractivity contribution >= 4 is 25.8 Å². The quantitative estimate of drug-likeness (QED) is 0.668. The number of sulfone groups is 1. The van der Waals surface area contributed by atoms with Crippen molar-refractivity contribution in [3.05, 3.63) is 66.0 Å². The second-order valence-corrected chi connectivity index (χ2v) is 10.8. The molecule has 1 fully saturated rings. The Morgan fingerprint density at radius 2 is 1.76 bits per heavy atom. The summed E-state index contributed by atoms with van der Waals surface area (Å²) in [6.45, 7) is 0. The number of rotatable bonds is 7. The van der Waals surface area contributed by atoms with Gasteiger partial charge >= 0.3 is 0 Å². The maximum absolute atomic E-state index is 14.0. The van der Waals surface area contributed by atoms with Gasteiger partial charge in [-0.1, -0.05) is 42.5 Å². The van der Waals surface area contributed by atoms with E-state index in [4.69, 9.17) is 0 Å². The van der Waals surface area contributed by atoms with Crippen molar-refractivity contribution in [2.45, 2.75) is 29.8 Å². The predicted molar refractivity (Wildman–Crippen MR) is 106 cm³/mol. The molecule has 2 atom stereocenters. The smallest absolute Gasteiger partial charge is 0.244 e. The molecule has 2 aromatic carbocycles. The van der Waals surface area contributed by atoms with Gasteiger partial charge < -0.3 is 5.32 Å². The molecule has 29 heavy (non-hydrogen) atoms. The first-order chi connectivity index (χ1) is 13.7. The average Bonchev–Trinajstić information content (AvgIpc) is 3.00. The number of benzene rings is 2. The van der Waals surface area contributed by atoms with Gasteiger partial charge in [-0.05, 0) is 30.5 Å². The second-order valence-electron chi connectivity index (χ2n) is 6.90. The van der Waals surface area contributed by atoms with Gasteiger partial charge in [-0.3, -0.25) is 4.79 Å². The van der Waals surface area contributed by atoms with Gasteiger partial charge in [0.1, 0.15) is 16.8 Å². The molecule has 1 aliphatic rings. The summed E-state index contributed by atoms with van der Waals surface area (Å²) in [7, 11) is -7.53. The van der Waals surface area contributed by atoms with Crippen LogP contribution in [0.2, 0.25) is 0 Å². The van der Waals surface area contributed by atoms with Crippen LogP contribution in [0.1, 0.15) is 12.0 Å². The number of carbonyl (C=O) groups is 1. The Bertz CT molecular complexity index is 1090. The molecule has 0 spiro atoms. The number of amides is 1. The van der Waals surface area contributed by atoms with Crippen molar-refractivity contribution < 1.29 is 26.0 Å². The van der Waals surface area contributed by atoms with Crippen molar-refractivity contribution in [2.24, 2.45) is 0 Å². The summed E-state index contributed by atoms with van der Waals surface area (Å²) in [4.78, 5) is 12.2. The molecule has 2 N–H and O–H groups in total. The molecular formula is C19H21FN2O5S2. The Hall–Kier alpha value is -2.30. The van der Waals surface area contributed by atoms with E-state index in [1.54, 1.807) is 30.3 Å². The van der Waals surface area contributed by atoms with Gasteiger partial charge in [-0.25, -0.2) is 21.2 Å². The topological polar surface area (TPSA) is 109 Å². The van der Waals surface area contributed by atoms with Crippen LogP contribution in [0.4, 0.5) is 4.39 Å². The Balaban J connectivity index is 1.83. The van der Waals surface area contributed by atoms with E-state index in [-0.39, 0.29) is 24.3 Å². The van der Waals surface area contributed by atoms with Crippen LogP contribution in [-0.2, 0) is 31.1 Å². The summed E-state index contributed by atoms with van der Waals surface area (Å²) in [5.74, 6) is -1.80. The van der Waals surface area contributed by atoms with Gasteiger partial charge in [0.05, 0.1) is 11.5 Å². The van der Waals surface area contributed by atoms with E-state index in [2.05, 4.69) is 10.0 Å². The number of hydrogen-bond acceptors (Lipinski definition) is 5. The first-order valence-electron chi connectivity index (χ1n) is 8.98. The Labute approximate surface area is 169 Å². The number of halogens is 1. The molecule has 0 unspecified atom stereocenters. The fourth-order valence-corrected chi connectivity index (χ4v) is 6.11. The SMILES string of the molecule is O=C(N[C@H]1CCS(=O)(=O)C1)[C@@H](Cc1ccccc1)NS(=O)(=O)c1ccccc1F. The maximum atomic E-state index is 14.0. The highest BCUT2D eigenvalue weighted by atomic mass is 32.2. The average molecular weight is 441 g/mol. The third kappa shape index (κ3) is 5.62. The Morgan fingerprint density at radius 3 is 2.38 bits per heavy atom. The maximum Gasteiger partial charge on any atom is 0.244 e. The van der Waals surface area contributed by atoms with Gasteiger partial charge in [0, 0.05) is 6.04 Å². The largest absolute Gasteiger partial charge is 0.351 e. The third-order valence-corrected chi connectivity index (χ3v) is 7.87. The highest BCUT2D eigenvalue weighted by molar-refractivity contribution is 7.91. The van der Waals surface area contributed by atoms with Crippen LogP contribution in [0.15, 0.2) is 59.5 Å². The minimum absolute atomic E-state index is 0.0255. The van der Waals surface area contributed by atoms with Crippen molar-refractivity contribution in [2.75, 3.05) is 11.5 Å². The van der Waals surface area contributed by atoms with Gasteiger partial charge in [0.25, 0.3) is 0 Å². The van der Waals surface area contributed by atoms with Crippen LogP contribution in [-0.4, -0.2) is 46.3 Å². The molecule has 10 heteroatoms. The van der Waals surface area contributed by atoms with Gasteiger partial charge in [-0.15, -0.1) is 0 Å². The predicted octanol–water partition coefficient (Wildman–Crippen LogP) is 1.02. The van der Waals surface area contributed by atoms with E-state index in [0.717, 1.165) is 12.1 Å². The molecule has 1 aliphatic heterocycles. The lowest BCUT2D eigenvalue weighted by molar-refractivity contribution is -0.123. The molecule has 0 aliphatic carbocycles. The normalized spacial score (nSPS) is 19.6. The Kier molecular flexibility index (Phi) is 6.35. The Morgan fingerprint density at radius 1 is 1.10 bits per heavy atom. The molecule has 7 nitrogen and oxygen atoms in total. The van der Waals surface area contributed by atoms with E-state index in [9.17, 15) is 26.0 Å². The van der Waals surface area contributed by atoms with Crippen molar-refractivity contribution in [1.82, 2.24) is 10.0 Å². The van der Waals surface area contributed by atoms with Crippen molar-refractivity contribution in [3.63, 3.8) is 0 Å². The minimum atomic E-state index is -4.32.